The lowest BCUT2D eigenvalue weighted by atomic mass is 9.47. The molecule has 5 rings (SSSR count). The number of rotatable bonds is 2. The zero-order chi connectivity index (χ0) is 23.2. The average Bonchev–Trinajstić information content (AvgIpc) is 3.28. The van der Waals surface area contributed by atoms with Crippen LogP contribution < -0.4 is 0 Å². The van der Waals surface area contributed by atoms with E-state index in [1.165, 1.54) is 5.57 Å². The number of hydrogen-bond donors (Lipinski definition) is 0. The molecule has 1 saturated heterocycles. The lowest BCUT2D eigenvalue weighted by Gasteiger charge is -2.58. The zero-order valence-electron chi connectivity index (χ0n) is 21.4. The SMILES string of the molecule is CC(C)(C)[Si](C)(C)OC1CC[C@@]2(C)C(=CC(=O)C3C2CC[C@@]2(C)C3CCC23OCCO3)C1. The molecule has 32 heavy (non-hydrogen) atoms. The molecule has 0 N–H and O–H groups in total. The maximum atomic E-state index is 13.7. The Morgan fingerprint density at radius 3 is 2.31 bits per heavy atom. The fraction of sp³-hybridized carbons (Fsp3) is 0.889. The molecule has 1 heterocycles. The maximum Gasteiger partial charge on any atom is 0.192 e. The Balaban J connectivity index is 1.40. The van der Waals surface area contributed by atoms with Gasteiger partial charge < -0.3 is 13.9 Å². The summed E-state index contributed by atoms with van der Waals surface area (Å²) in [4.78, 5) is 13.7. The van der Waals surface area contributed by atoms with E-state index in [2.05, 4.69) is 53.8 Å². The number of ether oxygens (including phenoxy) is 2. The van der Waals surface area contributed by atoms with Gasteiger partial charge in [-0.15, -0.1) is 0 Å². The van der Waals surface area contributed by atoms with E-state index in [4.69, 9.17) is 13.9 Å². The first-order chi connectivity index (χ1) is 14.8. The van der Waals surface area contributed by atoms with Gasteiger partial charge in [-0.3, -0.25) is 4.79 Å². The number of carbonyl (C=O) groups excluding carboxylic acids is 1. The molecule has 0 aromatic heterocycles. The van der Waals surface area contributed by atoms with Gasteiger partial charge in [0.15, 0.2) is 19.9 Å². The van der Waals surface area contributed by atoms with Crippen molar-refractivity contribution in [2.75, 3.05) is 13.2 Å². The van der Waals surface area contributed by atoms with E-state index in [-0.39, 0.29) is 27.9 Å². The Morgan fingerprint density at radius 1 is 1.00 bits per heavy atom. The molecule has 0 amide bonds. The maximum absolute atomic E-state index is 13.7. The van der Waals surface area contributed by atoms with Crippen molar-refractivity contribution in [2.45, 2.75) is 110 Å². The Kier molecular flexibility index (Phi) is 5.27. The first-order valence-corrected chi connectivity index (χ1v) is 15.9. The van der Waals surface area contributed by atoms with Crippen LogP contribution in [-0.4, -0.2) is 39.2 Å². The fourth-order valence-corrected chi connectivity index (χ4v) is 9.34. The van der Waals surface area contributed by atoms with Gasteiger partial charge in [0.2, 0.25) is 0 Å². The third kappa shape index (κ3) is 3.13. The van der Waals surface area contributed by atoms with Gasteiger partial charge in [0.25, 0.3) is 0 Å². The van der Waals surface area contributed by atoms with E-state index in [9.17, 15) is 4.79 Å². The molecule has 180 valence electrons. The summed E-state index contributed by atoms with van der Waals surface area (Å²) >= 11 is 0. The Hall–Kier alpha value is -0.493. The van der Waals surface area contributed by atoms with Crippen LogP contribution in [-0.2, 0) is 18.7 Å². The summed E-state index contributed by atoms with van der Waals surface area (Å²) in [7, 11) is -1.81. The second kappa shape index (κ2) is 7.25. The quantitative estimate of drug-likeness (QED) is 0.456. The van der Waals surface area contributed by atoms with Gasteiger partial charge in [-0.1, -0.05) is 40.2 Å². The number of ketones is 1. The molecule has 5 aliphatic rings. The monoisotopic (exact) mass is 460 g/mol. The average molecular weight is 461 g/mol. The van der Waals surface area contributed by atoms with Crippen molar-refractivity contribution in [3.63, 3.8) is 0 Å². The summed E-state index contributed by atoms with van der Waals surface area (Å²) in [5, 5.41) is 0.215. The van der Waals surface area contributed by atoms with Gasteiger partial charge in [0.05, 0.1) is 13.2 Å². The minimum atomic E-state index is -1.81. The number of fused-ring (bicyclic) bond motifs is 6. The normalized spacial score (nSPS) is 43.6. The van der Waals surface area contributed by atoms with Gasteiger partial charge in [-0.25, -0.2) is 0 Å². The second-order valence-corrected chi connectivity index (χ2v) is 18.2. The Bertz CT molecular complexity index is 820. The molecule has 0 aromatic carbocycles. The topological polar surface area (TPSA) is 44.8 Å². The minimum Gasteiger partial charge on any atom is -0.414 e. The molecular weight excluding hydrogens is 416 g/mol. The van der Waals surface area contributed by atoms with Gasteiger partial charge in [0, 0.05) is 23.9 Å². The standard InChI is InChI=1S/C27H44O4Si/c1-24(2,3)32(6,7)31-19-8-11-25(4)18(16-19)17-22(28)23-20(25)9-12-26(5)21(23)10-13-27(26)29-14-15-30-27/h17,19-21,23H,8-16H2,1-7H3/t19?,20?,21?,23?,25-,26-/m0/s1. The lowest BCUT2D eigenvalue weighted by Crippen LogP contribution is -2.57. The van der Waals surface area contributed by atoms with Crippen LogP contribution >= 0.6 is 0 Å². The van der Waals surface area contributed by atoms with Crippen LogP contribution in [0, 0.1) is 28.6 Å². The van der Waals surface area contributed by atoms with Gasteiger partial charge in [0.1, 0.15) is 0 Å². The van der Waals surface area contributed by atoms with E-state index < -0.39 is 14.1 Å². The van der Waals surface area contributed by atoms with Crippen molar-refractivity contribution < 1.29 is 18.7 Å². The first kappa shape index (κ1) is 23.3. The molecule has 4 fully saturated rings. The first-order valence-electron chi connectivity index (χ1n) is 13.0. The van der Waals surface area contributed by atoms with Crippen molar-refractivity contribution in [2.24, 2.45) is 28.6 Å². The molecule has 3 saturated carbocycles. The summed E-state index contributed by atoms with van der Waals surface area (Å²) in [6.45, 7) is 17.8. The van der Waals surface area contributed by atoms with E-state index >= 15 is 0 Å². The van der Waals surface area contributed by atoms with E-state index in [0.29, 0.717) is 30.8 Å². The minimum absolute atomic E-state index is 0.0370. The summed E-state index contributed by atoms with van der Waals surface area (Å²) in [6.07, 6.45) is 9.76. The predicted molar refractivity (Wildman–Crippen MR) is 129 cm³/mol. The van der Waals surface area contributed by atoms with Crippen molar-refractivity contribution in [3.05, 3.63) is 11.6 Å². The summed E-state index contributed by atoms with van der Waals surface area (Å²) < 4.78 is 19.3. The van der Waals surface area contributed by atoms with Crippen molar-refractivity contribution >= 4 is 14.1 Å². The van der Waals surface area contributed by atoms with Crippen molar-refractivity contribution in [1.29, 1.82) is 0 Å². The third-order valence-corrected chi connectivity index (χ3v) is 15.5. The molecule has 6 atom stereocenters. The van der Waals surface area contributed by atoms with Gasteiger partial charge in [-0.2, -0.15) is 0 Å². The van der Waals surface area contributed by atoms with Crippen LogP contribution in [0.2, 0.25) is 18.1 Å². The Labute approximate surface area is 196 Å². The fourth-order valence-electron chi connectivity index (χ4n) is 7.95. The van der Waals surface area contributed by atoms with Crippen LogP contribution in [0.1, 0.15) is 79.6 Å². The highest BCUT2D eigenvalue weighted by molar-refractivity contribution is 6.74. The molecule has 4 nitrogen and oxygen atoms in total. The summed E-state index contributed by atoms with van der Waals surface area (Å²) in [5.41, 5.74) is 1.48. The third-order valence-electron chi connectivity index (χ3n) is 11.0. The Morgan fingerprint density at radius 2 is 1.66 bits per heavy atom. The summed E-state index contributed by atoms with van der Waals surface area (Å²) in [5.74, 6) is 0.901. The van der Waals surface area contributed by atoms with Crippen LogP contribution in [0.4, 0.5) is 0 Å². The van der Waals surface area contributed by atoms with Gasteiger partial charge in [-0.05, 0) is 80.0 Å². The predicted octanol–water partition coefficient (Wildman–Crippen LogP) is 6.26. The van der Waals surface area contributed by atoms with Crippen LogP contribution in [0.3, 0.4) is 0 Å². The number of allylic oxidation sites excluding steroid dienone is 1. The van der Waals surface area contributed by atoms with Crippen LogP contribution in [0.25, 0.3) is 0 Å². The molecule has 0 aromatic rings. The van der Waals surface area contributed by atoms with E-state index in [1.807, 2.05) is 0 Å². The molecule has 4 unspecified atom stereocenters. The molecule has 1 aliphatic heterocycles. The molecule has 1 spiro atoms. The molecule has 0 bridgehead atoms. The van der Waals surface area contributed by atoms with Crippen molar-refractivity contribution in [1.82, 2.24) is 0 Å². The second-order valence-electron chi connectivity index (χ2n) is 13.4. The van der Waals surface area contributed by atoms with Gasteiger partial charge >= 0.3 is 0 Å². The highest BCUT2D eigenvalue weighted by atomic mass is 28.4. The zero-order valence-corrected chi connectivity index (χ0v) is 22.4. The smallest absolute Gasteiger partial charge is 0.192 e. The number of hydrogen-bond acceptors (Lipinski definition) is 4. The van der Waals surface area contributed by atoms with E-state index in [1.54, 1.807) is 0 Å². The molecule has 0 radical (unpaired) electrons. The molecular formula is C27H44O4Si. The lowest BCUT2D eigenvalue weighted by molar-refractivity contribution is -0.240. The largest absolute Gasteiger partial charge is 0.414 e. The van der Waals surface area contributed by atoms with Crippen LogP contribution in [0.15, 0.2) is 11.6 Å². The number of carbonyl (C=O) groups is 1. The van der Waals surface area contributed by atoms with Crippen LogP contribution in [0.5, 0.6) is 0 Å². The van der Waals surface area contributed by atoms with Crippen molar-refractivity contribution in [3.8, 4) is 0 Å². The highest BCUT2D eigenvalue weighted by Crippen LogP contribution is 2.68. The summed E-state index contributed by atoms with van der Waals surface area (Å²) in [6, 6.07) is 0. The van der Waals surface area contributed by atoms with E-state index in [0.717, 1.165) is 44.9 Å². The highest BCUT2D eigenvalue weighted by Gasteiger charge is 2.68. The molecule has 4 aliphatic carbocycles. The molecule has 5 heteroatoms.